The number of carbonyl (C=O) groups is 1. The second kappa shape index (κ2) is 8.39. The Morgan fingerprint density at radius 3 is 2.58 bits per heavy atom. The number of anilines is 1. The zero-order valence-corrected chi connectivity index (χ0v) is 17.0. The van der Waals surface area contributed by atoms with Crippen LogP contribution in [0.1, 0.15) is 10.4 Å². The van der Waals surface area contributed by atoms with E-state index in [9.17, 15) is 14.0 Å². The number of hydrogen-bond donors (Lipinski definition) is 2. The minimum absolute atomic E-state index is 0.0914. The molecule has 0 radical (unpaired) electrons. The normalized spacial score (nSPS) is 10.8. The first-order valence-electron chi connectivity index (χ1n) is 9.95. The summed E-state index contributed by atoms with van der Waals surface area (Å²) in [5.74, 6) is -0.327. The Balaban J connectivity index is 1.60. The molecule has 0 aliphatic carbocycles. The first kappa shape index (κ1) is 20.1. The third-order valence-electron chi connectivity index (χ3n) is 4.81. The van der Waals surface area contributed by atoms with Crippen molar-refractivity contribution in [1.82, 2.24) is 19.7 Å². The highest BCUT2D eigenvalue weighted by atomic mass is 19.1. The molecule has 0 spiro atoms. The molecule has 0 fully saturated rings. The van der Waals surface area contributed by atoms with Gasteiger partial charge in [-0.25, -0.2) is 9.37 Å². The third-order valence-corrected chi connectivity index (χ3v) is 4.81. The fourth-order valence-corrected chi connectivity index (χ4v) is 3.30. The van der Waals surface area contributed by atoms with Crippen molar-refractivity contribution in [3.05, 3.63) is 107 Å². The van der Waals surface area contributed by atoms with Crippen LogP contribution in [0.25, 0.3) is 28.7 Å². The topological polar surface area (TPSA) is 106 Å². The van der Waals surface area contributed by atoms with Gasteiger partial charge in [0, 0.05) is 23.3 Å². The minimum atomic E-state index is -0.553. The molecule has 0 aliphatic rings. The van der Waals surface area contributed by atoms with Crippen LogP contribution in [-0.2, 0) is 0 Å². The van der Waals surface area contributed by atoms with Crippen LogP contribution >= 0.6 is 0 Å². The molecule has 2 N–H and O–H groups in total. The van der Waals surface area contributed by atoms with Crippen LogP contribution in [0.5, 0.6) is 0 Å². The van der Waals surface area contributed by atoms with Crippen LogP contribution in [0.4, 0.5) is 10.2 Å². The van der Waals surface area contributed by atoms with Gasteiger partial charge in [0.25, 0.3) is 11.5 Å². The molecule has 3 heterocycles. The van der Waals surface area contributed by atoms with Crippen LogP contribution in [0.2, 0.25) is 0 Å². The van der Waals surface area contributed by atoms with Gasteiger partial charge in [-0.2, -0.15) is 9.78 Å². The summed E-state index contributed by atoms with van der Waals surface area (Å²) in [6.45, 7) is 0. The quantitative estimate of drug-likeness (QED) is 0.424. The van der Waals surface area contributed by atoms with Crippen LogP contribution < -0.4 is 10.9 Å². The standard InChI is InChI=1S/C24H16FN5O3/c25-17-9-4-8-16(12-17)23(32)27-21-13-19(20-10-5-11-33-20)29-30(21)24-26-18(14-22(31)28-24)15-6-2-1-3-7-15/h1-14H,(H,27,32)(H,26,28,31). The van der Waals surface area contributed by atoms with Crippen LogP contribution in [0.3, 0.4) is 0 Å². The van der Waals surface area contributed by atoms with Gasteiger partial charge in [-0.15, -0.1) is 0 Å². The molecule has 33 heavy (non-hydrogen) atoms. The van der Waals surface area contributed by atoms with Crippen LogP contribution in [0.15, 0.2) is 94.3 Å². The lowest BCUT2D eigenvalue weighted by Gasteiger charge is -2.09. The number of benzene rings is 2. The number of halogens is 1. The zero-order valence-electron chi connectivity index (χ0n) is 17.0. The van der Waals surface area contributed by atoms with Gasteiger partial charge in [0.15, 0.2) is 5.76 Å². The number of amides is 1. The number of nitrogens with zero attached hydrogens (tertiary/aromatic N) is 3. The lowest BCUT2D eigenvalue weighted by atomic mass is 10.1. The van der Waals surface area contributed by atoms with E-state index in [1.807, 2.05) is 30.3 Å². The number of rotatable bonds is 5. The fraction of sp³-hybridized carbons (Fsp3) is 0. The summed E-state index contributed by atoms with van der Waals surface area (Å²) < 4.78 is 20.3. The highest BCUT2D eigenvalue weighted by molar-refractivity contribution is 6.04. The molecule has 0 atom stereocenters. The van der Waals surface area contributed by atoms with Gasteiger partial charge >= 0.3 is 0 Å². The van der Waals surface area contributed by atoms with Crippen molar-refractivity contribution in [2.75, 3.05) is 5.32 Å². The highest BCUT2D eigenvalue weighted by Crippen LogP contribution is 2.25. The van der Waals surface area contributed by atoms with Crippen molar-refractivity contribution in [2.24, 2.45) is 0 Å². The molecule has 9 heteroatoms. The first-order valence-corrected chi connectivity index (χ1v) is 9.95. The molecule has 0 saturated carbocycles. The van der Waals surface area contributed by atoms with Crippen LogP contribution in [0, 0.1) is 5.82 Å². The van der Waals surface area contributed by atoms with E-state index in [2.05, 4.69) is 20.4 Å². The second-order valence-electron chi connectivity index (χ2n) is 7.09. The van der Waals surface area contributed by atoms with Crippen molar-refractivity contribution in [3.8, 4) is 28.7 Å². The summed E-state index contributed by atoms with van der Waals surface area (Å²) in [5, 5.41) is 7.17. The number of aromatic amines is 1. The van der Waals surface area contributed by atoms with E-state index in [4.69, 9.17) is 4.42 Å². The smallest absolute Gasteiger partial charge is 0.256 e. The maximum atomic E-state index is 13.6. The average molecular weight is 441 g/mol. The summed E-state index contributed by atoms with van der Waals surface area (Å²) in [4.78, 5) is 32.3. The molecule has 0 aliphatic heterocycles. The average Bonchev–Trinajstić information content (AvgIpc) is 3.49. The number of nitrogens with one attached hydrogen (secondary N) is 2. The number of hydrogen-bond acceptors (Lipinski definition) is 5. The maximum absolute atomic E-state index is 13.6. The molecule has 0 saturated heterocycles. The van der Waals surface area contributed by atoms with Gasteiger partial charge in [-0.3, -0.25) is 14.6 Å². The molecular formula is C24H16FN5O3. The van der Waals surface area contributed by atoms with E-state index >= 15 is 0 Å². The Hall–Kier alpha value is -4.79. The number of carbonyl (C=O) groups excluding carboxylic acids is 1. The zero-order chi connectivity index (χ0) is 22.8. The highest BCUT2D eigenvalue weighted by Gasteiger charge is 2.18. The molecule has 8 nitrogen and oxygen atoms in total. The lowest BCUT2D eigenvalue weighted by Crippen LogP contribution is -2.19. The molecule has 5 rings (SSSR count). The molecule has 3 aromatic heterocycles. The van der Waals surface area contributed by atoms with Gasteiger partial charge in [-0.1, -0.05) is 36.4 Å². The molecular weight excluding hydrogens is 425 g/mol. The third kappa shape index (κ3) is 4.19. The summed E-state index contributed by atoms with van der Waals surface area (Å²) in [6.07, 6.45) is 1.50. The van der Waals surface area contributed by atoms with E-state index < -0.39 is 17.3 Å². The summed E-state index contributed by atoms with van der Waals surface area (Å²) in [7, 11) is 0. The number of furan rings is 1. The van der Waals surface area contributed by atoms with Crippen LogP contribution in [-0.4, -0.2) is 25.7 Å². The van der Waals surface area contributed by atoms with E-state index in [0.29, 0.717) is 17.1 Å². The molecule has 2 aromatic carbocycles. The molecule has 1 amide bonds. The SMILES string of the molecule is O=C(Nc1cc(-c2ccco2)nn1-c1nc(-c2ccccc2)cc(=O)[nH]1)c1cccc(F)c1. The van der Waals surface area contributed by atoms with Gasteiger partial charge in [0.2, 0.25) is 5.95 Å². The van der Waals surface area contributed by atoms with E-state index in [-0.39, 0.29) is 17.3 Å². The van der Waals surface area contributed by atoms with E-state index in [0.717, 1.165) is 11.6 Å². The largest absolute Gasteiger partial charge is 0.463 e. The Morgan fingerprint density at radius 2 is 1.82 bits per heavy atom. The lowest BCUT2D eigenvalue weighted by molar-refractivity contribution is 0.102. The van der Waals surface area contributed by atoms with Gasteiger partial charge < -0.3 is 9.73 Å². The Morgan fingerprint density at radius 1 is 0.970 bits per heavy atom. The molecule has 0 bridgehead atoms. The molecule has 5 aromatic rings. The summed E-state index contributed by atoms with van der Waals surface area (Å²) >= 11 is 0. The monoisotopic (exact) mass is 441 g/mol. The predicted molar refractivity (Wildman–Crippen MR) is 119 cm³/mol. The van der Waals surface area contributed by atoms with E-state index in [1.54, 1.807) is 18.2 Å². The fourth-order valence-electron chi connectivity index (χ4n) is 3.30. The molecule has 162 valence electrons. The number of H-pyrrole nitrogens is 1. The Bertz CT molecular complexity index is 1490. The van der Waals surface area contributed by atoms with Gasteiger partial charge in [0.05, 0.1) is 12.0 Å². The van der Waals surface area contributed by atoms with E-state index in [1.165, 1.54) is 35.2 Å². The number of aromatic nitrogens is 4. The van der Waals surface area contributed by atoms with Crippen molar-refractivity contribution < 1.29 is 13.6 Å². The van der Waals surface area contributed by atoms with Crippen molar-refractivity contribution >= 4 is 11.7 Å². The van der Waals surface area contributed by atoms with Crippen molar-refractivity contribution in [1.29, 1.82) is 0 Å². The van der Waals surface area contributed by atoms with Crippen molar-refractivity contribution in [2.45, 2.75) is 0 Å². The van der Waals surface area contributed by atoms with Gasteiger partial charge in [-0.05, 0) is 30.3 Å². The minimum Gasteiger partial charge on any atom is -0.463 e. The Labute approximate surface area is 186 Å². The van der Waals surface area contributed by atoms with Gasteiger partial charge in [0.1, 0.15) is 17.3 Å². The second-order valence-corrected chi connectivity index (χ2v) is 7.09. The summed E-state index contributed by atoms with van der Waals surface area (Å²) in [5.41, 5.74) is 1.32. The Kier molecular flexibility index (Phi) is 5.12. The van der Waals surface area contributed by atoms with Crippen molar-refractivity contribution in [3.63, 3.8) is 0 Å². The summed E-state index contributed by atoms with van der Waals surface area (Å²) in [6, 6.07) is 20.9. The first-order chi connectivity index (χ1) is 16.1. The molecule has 0 unspecified atom stereocenters. The maximum Gasteiger partial charge on any atom is 0.256 e. The predicted octanol–water partition coefficient (Wildman–Crippen LogP) is 4.27.